The molecule has 0 bridgehead atoms. The summed E-state index contributed by atoms with van der Waals surface area (Å²) in [6.07, 6.45) is 0. The lowest BCUT2D eigenvalue weighted by Gasteiger charge is -2.13. The molecule has 60 heavy (non-hydrogen) atoms. The lowest BCUT2D eigenvalue weighted by atomic mass is 9.94. The number of fused-ring (bicyclic) bond motifs is 8. The zero-order valence-corrected chi connectivity index (χ0v) is 32.3. The molecule has 0 unspecified atom stereocenters. The van der Waals surface area contributed by atoms with Crippen LogP contribution in [0.5, 0.6) is 0 Å². The van der Waals surface area contributed by atoms with Gasteiger partial charge < -0.3 is 8.98 Å². The van der Waals surface area contributed by atoms with Crippen molar-refractivity contribution in [2.75, 3.05) is 0 Å². The van der Waals surface area contributed by atoms with Gasteiger partial charge in [0.25, 0.3) is 0 Å². The second-order valence-corrected chi connectivity index (χ2v) is 15.2. The van der Waals surface area contributed by atoms with Crippen LogP contribution in [0.2, 0.25) is 0 Å². The Balaban J connectivity index is 0.979. The SMILES string of the molecule is c1ccc(-c2nc(-c3ccccc3)nc(-c3ccc(-c4cccc(-c5cccc6oc7c8ccccc8c(-n8c9ccccc9c9ccccc98)cc7c56)c4)cc3)n2)cc1. The molecular weight excluding hydrogens is 733 g/mol. The van der Waals surface area contributed by atoms with Crippen molar-refractivity contribution in [3.8, 4) is 62.1 Å². The van der Waals surface area contributed by atoms with Crippen LogP contribution in [-0.2, 0) is 0 Å². The van der Waals surface area contributed by atoms with Crippen molar-refractivity contribution in [2.45, 2.75) is 0 Å². The summed E-state index contributed by atoms with van der Waals surface area (Å²) in [5, 5.41) is 6.91. The van der Waals surface area contributed by atoms with Crippen LogP contribution in [0.15, 0.2) is 211 Å². The Morgan fingerprint density at radius 1 is 0.333 bits per heavy atom. The van der Waals surface area contributed by atoms with E-state index in [4.69, 9.17) is 19.4 Å². The smallest absolute Gasteiger partial charge is 0.164 e. The number of furan rings is 1. The first-order valence-corrected chi connectivity index (χ1v) is 20.2. The Kier molecular flexibility index (Phi) is 7.78. The van der Waals surface area contributed by atoms with Gasteiger partial charge in [-0.3, -0.25) is 0 Å². The van der Waals surface area contributed by atoms with E-state index in [-0.39, 0.29) is 0 Å². The highest BCUT2D eigenvalue weighted by atomic mass is 16.3. The molecule has 0 saturated heterocycles. The van der Waals surface area contributed by atoms with E-state index in [2.05, 4.69) is 150 Å². The quantitative estimate of drug-likeness (QED) is 0.169. The van der Waals surface area contributed by atoms with Crippen LogP contribution in [0.4, 0.5) is 0 Å². The molecule has 0 N–H and O–H groups in total. The molecule has 0 atom stereocenters. The first-order chi connectivity index (χ1) is 29.7. The van der Waals surface area contributed by atoms with Crippen molar-refractivity contribution >= 4 is 54.5 Å². The van der Waals surface area contributed by atoms with Gasteiger partial charge in [-0.2, -0.15) is 0 Å². The third kappa shape index (κ3) is 5.52. The number of aromatic nitrogens is 4. The number of hydrogen-bond donors (Lipinski definition) is 0. The molecule has 0 spiro atoms. The lowest BCUT2D eigenvalue weighted by Crippen LogP contribution is -2.00. The topological polar surface area (TPSA) is 56.7 Å². The molecule has 0 radical (unpaired) electrons. The van der Waals surface area contributed by atoms with E-state index in [1.807, 2.05) is 60.7 Å². The summed E-state index contributed by atoms with van der Waals surface area (Å²) in [5.74, 6) is 1.93. The largest absolute Gasteiger partial charge is 0.455 e. The summed E-state index contributed by atoms with van der Waals surface area (Å²) in [6.45, 7) is 0. The predicted octanol–water partition coefficient (Wildman–Crippen LogP) is 14.4. The maximum atomic E-state index is 6.79. The number of rotatable bonds is 6. The molecule has 0 saturated carbocycles. The molecular formula is C55H34N4O. The minimum atomic E-state index is 0.634. The predicted molar refractivity (Wildman–Crippen MR) is 246 cm³/mol. The second-order valence-electron chi connectivity index (χ2n) is 15.2. The standard InChI is InChI=1S/C55H34N4O/c1-3-15-36(16-4-1)53-56-54(37-17-5-2-6-18-37)58-55(57-53)38-31-29-35(30-32-38)39-19-13-20-40(33-39)41-25-14-28-50-51(41)46-34-49(44-23-7-8-24-45(44)52(46)60-50)59-47-26-11-9-21-42(47)43-22-10-12-27-48(43)59/h1-34H. The van der Waals surface area contributed by atoms with Gasteiger partial charge in [0.2, 0.25) is 0 Å². The molecule has 0 amide bonds. The summed E-state index contributed by atoms with van der Waals surface area (Å²) in [7, 11) is 0. The molecule has 0 fully saturated rings. The second kappa shape index (κ2) is 13.8. The molecule has 3 aromatic heterocycles. The highest BCUT2D eigenvalue weighted by Crippen LogP contribution is 2.44. The lowest BCUT2D eigenvalue weighted by molar-refractivity contribution is 0.672. The molecule has 12 rings (SSSR count). The third-order valence-corrected chi connectivity index (χ3v) is 11.7. The van der Waals surface area contributed by atoms with Crippen LogP contribution in [0, 0.1) is 0 Å². The number of para-hydroxylation sites is 2. The van der Waals surface area contributed by atoms with Crippen LogP contribution in [0.3, 0.4) is 0 Å². The fourth-order valence-electron chi connectivity index (χ4n) is 8.85. The maximum absolute atomic E-state index is 6.79. The van der Waals surface area contributed by atoms with Crippen LogP contribution in [0.1, 0.15) is 0 Å². The fraction of sp³-hybridized carbons (Fsp3) is 0. The maximum Gasteiger partial charge on any atom is 0.164 e. The van der Waals surface area contributed by atoms with Gasteiger partial charge in [0.05, 0.1) is 16.7 Å². The summed E-state index contributed by atoms with van der Waals surface area (Å²) < 4.78 is 9.21. The van der Waals surface area contributed by atoms with Crippen LogP contribution in [-0.4, -0.2) is 19.5 Å². The molecule has 5 heteroatoms. The van der Waals surface area contributed by atoms with Crippen LogP contribution < -0.4 is 0 Å². The summed E-state index contributed by atoms with van der Waals surface area (Å²) in [4.78, 5) is 14.8. The van der Waals surface area contributed by atoms with Gasteiger partial charge in [-0.25, -0.2) is 15.0 Å². The highest BCUT2D eigenvalue weighted by molar-refractivity contribution is 6.22. The van der Waals surface area contributed by atoms with Crippen molar-refractivity contribution in [1.82, 2.24) is 19.5 Å². The molecule has 12 aromatic rings. The molecule has 0 aliphatic heterocycles. The molecule has 3 heterocycles. The van der Waals surface area contributed by atoms with E-state index in [1.165, 1.54) is 21.8 Å². The van der Waals surface area contributed by atoms with Crippen LogP contribution in [0.25, 0.3) is 117 Å². The zero-order chi connectivity index (χ0) is 39.6. The van der Waals surface area contributed by atoms with Crippen LogP contribution >= 0.6 is 0 Å². The Hall–Kier alpha value is -8.15. The average Bonchev–Trinajstić information content (AvgIpc) is 3.88. The van der Waals surface area contributed by atoms with Gasteiger partial charge in [-0.15, -0.1) is 0 Å². The van der Waals surface area contributed by atoms with Crippen molar-refractivity contribution in [3.63, 3.8) is 0 Å². The molecule has 5 nitrogen and oxygen atoms in total. The molecule has 0 aliphatic rings. The van der Waals surface area contributed by atoms with Crippen molar-refractivity contribution < 1.29 is 4.42 Å². The number of benzene rings is 9. The number of nitrogens with zero attached hydrogens (tertiary/aromatic N) is 4. The van der Waals surface area contributed by atoms with Gasteiger partial charge in [-0.05, 0) is 52.6 Å². The van der Waals surface area contributed by atoms with Crippen molar-refractivity contribution in [1.29, 1.82) is 0 Å². The van der Waals surface area contributed by atoms with Gasteiger partial charge in [0.15, 0.2) is 17.5 Å². The molecule has 0 aliphatic carbocycles. The summed E-state index contributed by atoms with van der Waals surface area (Å²) in [6, 6.07) is 72.2. The minimum Gasteiger partial charge on any atom is -0.455 e. The highest BCUT2D eigenvalue weighted by Gasteiger charge is 2.21. The molecule has 280 valence electrons. The Morgan fingerprint density at radius 3 is 1.45 bits per heavy atom. The van der Waals surface area contributed by atoms with E-state index in [0.29, 0.717) is 17.5 Å². The molecule has 9 aromatic carbocycles. The fourth-order valence-corrected chi connectivity index (χ4v) is 8.85. The Bertz CT molecular complexity index is 3480. The third-order valence-electron chi connectivity index (χ3n) is 11.7. The van der Waals surface area contributed by atoms with E-state index >= 15 is 0 Å². The van der Waals surface area contributed by atoms with Gasteiger partial charge >= 0.3 is 0 Å². The summed E-state index contributed by atoms with van der Waals surface area (Å²) in [5.41, 5.74) is 12.5. The normalized spacial score (nSPS) is 11.7. The average molecular weight is 767 g/mol. The van der Waals surface area contributed by atoms with E-state index < -0.39 is 0 Å². The van der Waals surface area contributed by atoms with Crippen molar-refractivity contribution in [2.24, 2.45) is 0 Å². The van der Waals surface area contributed by atoms with Gasteiger partial charge in [-0.1, -0.05) is 176 Å². The van der Waals surface area contributed by atoms with Crippen molar-refractivity contribution in [3.05, 3.63) is 206 Å². The minimum absolute atomic E-state index is 0.634. The first-order valence-electron chi connectivity index (χ1n) is 20.2. The van der Waals surface area contributed by atoms with E-state index in [9.17, 15) is 0 Å². The first kappa shape index (κ1) is 33.9. The van der Waals surface area contributed by atoms with Gasteiger partial charge in [0.1, 0.15) is 11.2 Å². The van der Waals surface area contributed by atoms with E-state index in [0.717, 1.165) is 77.3 Å². The summed E-state index contributed by atoms with van der Waals surface area (Å²) >= 11 is 0. The Morgan fingerprint density at radius 2 is 0.817 bits per heavy atom. The monoisotopic (exact) mass is 766 g/mol. The van der Waals surface area contributed by atoms with E-state index in [1.54, 1.807) is 0 Å². The number of hydrogen-bond acceptors (Lipinski definition) is 4. The van der Waals surface area contributed by atoms with Gasteiger partial charge in [0, 0.05) is 49.0 Å². The zero-order valence-electron chi connectivity index (χ0n) is 32.3. The Labute approximate surface area is 345 Å².